The number of carbonyl (C=O) groups excluding carboxylic acids is 2. The molecular weight excluding hydrogens is 538 g/mol. The molecule has 0 radical (unpaired) electrons. The number of benzene rings is 3. The van der Waals surface area contributed by atoms with Crippen LogP contribution in [0.25, 0.3) is 0 Å². The molecule has 0 aliphatic rings. The average molecular weight is 580 g/mol. The fourth-order valence-electron chi connectivity index (χ4n) is 4.31. The number of nitrogens with one attached hydrogen (secondary N) is 1. The molecule has 0 aliphatic heterocycles. The van der Waals surface area contributed by atoms with Gasteiger partial charge in [-0.05, 0) is 62.1 Å². The smallest absolute Gasteiger partial charge is 0.244 e. The molecule has 0 bridgehead atoms. The van der Waals surface area contributed by atoms with Crippen LogP contribution in [0.5, 0.6) is 5.75 Å². The van der Waals surface area contributed by atoms with E-state index in [4.69, 9.17) is 4.74 Å². The van der Waals surface area contributed by atoms with Gasteiger partial charge in [-0.1, -0.05) is 74.0 Å². The molecule has 3 aromatic rings. The van der Waals surface area contributed by atoms with Crippen molar-refractivity contribution in [2.24, 2.45) is 0 Å². The molecular formula is C32H41N3O5S. The van der Waals surface area contributed by atoms with Gasteiger partial charge in [-0.15, -0.1) is 0 Å². The zero-order chi connectivity index (χ0) is 30.0. The van der Waals surface area contributed by atoms with E-state index in [9.17, 15) is 18.0 Å². The fraction of sp³-hybridized carbons (Fsp3) is 0.375. The van der Waals surface area contributed by atoms with Crippen LogP contribution in [0.1, 0.15) is 50.3 Å². The predicted molar refractivity (Wildman–Crippen MR) is 163 cm³/mol. The summed E-state index contributed by atoms with van der Waals surface area (Å²) in [6.07, 6.45) is 2.20. The van der Waals surface area contributed by atoms with E-state index < -0.39 is 28.5 Å². The van der Waals surface area contributed by atoms with Crippen LogP contribution in [0.3, 0.4) is 0 Å². The monoisotopic (exact) mass is 579 g/mol. The molecule has 9 heteroatoms. The lowest BCUT2D eigenvalue weighted by Crippen LogP contribution is -2.53. The van der Waals surface area contributed by atoms with Gasteiger partial charge in [0.15, 0.2) is 0 Å². The van der Waals surface area contributed by atoms with Crippen LogP contribution < -0.4 is 14.4 Å². The van der Waals surface area contributed by atoms with Crippen LogP contribution in [0.15, 0.2) is 78.9 Å². The van der Waals surface area contributed by atoms with Crippen molar-refractivity contribution in [2.45, 2.75) is 65.8 Å². The second-order valence-electron chi connectivity index (χ2n) is 10.3. The van der Waals surface area contributed by atoms with Crippen LogP contribution >= 0.6 is 0 Å². The van der Waals surface area contributed by atoms with E-state index in [0.717, 1.165) is 33.7 Å². The number of hydrogen-bond donors (Lipinski definition) is 1. The maximum Gasteiger partial charge on any atom is 0.244 e. The largest absolute Gasteiger partial charge is 0.489 e. The first kappa shape index (κ1) is 31.7. The van der Waals surface area contributed by atoms with Crippen LogP contribution in [0, 0.1) is 6.92 Å². The highest BCUT2D eigenvalue weighted by Crippen LogP contribution is 2.23. The summed E-state index contributed by atoms with van der Waals surface area (Å²) in [7, 11) is -3.82. The zero-order valence-corrected chi connectivity index (χ0v) is 25.4. The summed E-state index contributed by atoms with van der Waals surface area (Å²) in [6, 6.07) is 23.2. The first-order valence-corrected chi connectivity index (χ1v) is 15.8. The summed E-state index contributed by atoms with van der Waals surface area (Å²) < 4.78 is 32.7. The lowest BCUT2D eigenvalue weighted by atomic mass is 10.1. The van der Waals surface area contributed by atoms with Crippen molar-refractivity contribution in [3.8, 4) is 5.75 Å². The number of ether oxygens (including phenoxy) is 1. The number of hydrogen-bond acceptors (Lipinski definition) is 5. The van der Waals surface area contributed by atoms with E-state index in [2.05, 4.69) is 5.32 Å². The van der Waals surface area contributed by atoms with E-state index in [1.54, 1.807) is 24.3 Å². The number of nitrogens with zero attached hydrogens (tertiary/aromatic N) is 2. The first-order chi connectivity index (χ1) is 19.5. The van der Waals surface area contributed by atoms with Gasteiger partial charge in [0, 0.05) is 12.6 Å². The highest BCUT2D eigenvalue weighted by Gasteiger charge is 2.32. The van der Waals surface area contributed by atoms with Gasteiger partial charge >= 0.3 is 0 Å². The lowest BCUT2D eigenvalue weighted by Gasteiger charge is -2.33. The molecule has 1 N–H and O–H groups in total. The molecule has 3 rings (SSSR count). The Bertz CT molecular complexity index is 1380. The zero-order valence-electron chi connectivity index (χ0n) is 24.5. The molecule has 0 aliphatic carbocycles. The molecule has 220 valence electrons. The number of aryl methyl sites for hydroxylation is 1. The quantitative estimate of drug-likeness (QED) is 0.288. The third-order valence-electron chi connectivity index (χ3n) is 6.91. The van der Waals surface area contributed by atoms with E-state index in [1.807, 2.05) is 82.3 Å². The standard InChI is InChI=1S/C32H41N3O5S/c1-6-25(4)33-32(37)30(7-2)34(21-26-15-13-24(3)14-16-26)31(36)22-35(41(5,38)39)28-17-19-29(20-18-28)40-23-27-11-9-8-10-12-27/h8-20,25,30H,6-7,21-23H2,1-5H3,(H,33,37)/t25-,30-/m1/s1. The Labute approximate surface area is 244 Å². The van der Waals surface area contributed by atoms with E-state index in [1.165, 1.54) is 4.90 Å². The Morgan fingerprint density at radius 1 is 0.878 bits per heavy atom. The molecule has 2 amide bonds. The topological polar surface area (TPSA) is 96.0 Å². The van der Waals surface area contributed by atoms with Crippen LogP contribution in [0.2, 0.25) is 0 Å². The van der Waals surface area contributed by atoms with Gasteiger partial charge in [-0.25, -0.2) is 8.42 Å². The van der Waals surface area contributed by atoms with Crippen molar-refractivity contribution in [3.63, 3.8) is 0 Å². The molecule has 8 nitrogen and oxygen atoms in total. The second kappa shape index (κ2) is 14.7. The molecule has 0 saturated heterocycles. The summed E-state index contributed by atoms with van der Waals surface area (Å²) in [4.78, 5) is 28.6. The highest BCUT2D eigenvalue weighted by molar-refractivity contribution is 7.92. The van der Waals surface area contributed by atoms with Gasteiger partial charge < -0.3 is 15.0 Å². The van der Waals surface area contributed by atoms with Crippen LogP contribution in [-0.2, 0) is 32.8 Å². The first-order valence-electron chi connectivity index (χ1n) is 13.9. The minimum Gasteiger partial charge on any atom is -0.489 e. The summed E-state index contributed by atoms with van der Waals surface area (Å²) in [6.45, 7) is 7.82. The van der Waals surface area contributed by atoms with E-state index in [0.29, 0.717) is 24.5 Å². The molecule has 0 heterocycles. The van der Waals surface area contributed by atoms with Crippen molar-refractivity contribution >= 4 is 27.5 Å². The lowest BCUT2D eigenvalue weighted by molar-refractivity contribution is -0.140. The van der Waals surface area contributed by atoms with Gasteiger partial charge in [0.1, 0.15) is 24.9 Å². The number of sulfonamides is 1. The van der Waals surface area contributed by atoms with Crippen molar-refractivity contribution in [1.29, 1.82) is 0 Å². The number of carbonyl (C=O) groups is 2. The van der Waals surface area contributed by atoms with Crippen LogP contribution in [-0.4, -0.2) is 50.0 Å². The fourth-order valence-corrected chi connectivity index (χ4v) is 5.16. The minimum absolute atomic E-state index is 0.0528. The minimum atomic E-state index is -3.82. The van der Waals surface area contributed by atoms with Crippen LogP contribution in [0.4, 0.5) is 5.69 Å². The summed E-state index contributed by atoms with van der Waals surface area (Å²) >= 11 is 0. The summed E-state index contributed by atoms with van der Waals surface area (Å²) in [5.41, 5.74) is 3.27. The Balaban J connectivity index is 1.85. The SMILES string of the molecule is CC[C@@H](C)NC(=O)[C@@H](CC)N(Cc1ccc(C)cc1)C(=O)CN(c1ccc(OCc2ccccc2)cc1)S(C)(=O)=O. The molecule has 0 spiro atoms. The number of rotatable bonds is 14. The maximum absolute atomic E-state index is 13.8. The van der Waals surface area contributed by atoms with Gasteiger partial charge in [0.25, 0.3) is 0 Å². The molecule has 0 aromatic heterocycles. The normalized spacial score (nSPS) is 12.7. The molecule has 2 atom stereocenters. The Kier molecular flexibility index (Phi) is 11.3. The summed E-state index contributed by atoms with van der Waals surface area (Å²) in [5, 5.41) is 2.98. The third kappa shape index (κ3) is 9.35. The summed E-state index contributed by atoms with van der Waals surface area (Å²) in [5.74, 6) is -0.147. The van der Waals surface area contributed by atoms with Gasteiger partial charge in [0.05, 0.1) is 11.9 Å². The van der Waals surface area contributed by atoms with Crippen molar-refractivity contribution in [3.05, 3.63) is 95.6 Å². The molecule has 0 unspecified atom stereocenters. The highest BCUT2D eigenvalue weighted by atomic mass is 32.2. The molecule has 3 aromatic carbocycles. The van der Waals surface area contributed by atoms with E-state index >= 15 is 0 Å². The molecule has 0 fully saturated rings. The Morgan fingerprint density at radius 3 is 2.07 bits per heavy atom. The van der Waals surface area contributed by atoms with Crippen molar-refractivity contribution < 1.29 is 22.7 Å². The number of amides is 2. The Morgan fingerprint density at radius 2 is 1.51 bits per heavy atom. The maximum atomic E-state index is 13.8. The molecule has 0 saturated carbocycles. The number of anilines is 1. The van der Waals surface area contributed by atoms with Gasteiger partial charge in [0.2, 0.25) is 21.8 Å². The third-order valence-corrected chi connectivity index (χ3v) is 8.05. The van der Waals surface area contributed by atoms with Crippen molar-refractivity contribution in [2.75, 3.05) is 17.1 Å². The van der Waals surface area contributed by atoms with Gasteiger partial charge in [-0.2, -0.15) is 0 Å². The van der Waals surface area contributed by atoms with Crippen molar-refractivity contribution in [1.82, 2.24) is 10.2 Å². The van der Waals surface area contributed by atoms with E-state index in [-0.39, 0.29) is 18.5 Å². The average Bonchev–Trinajstić information content (AvgIpc) is 2.95. The van der Waals surface area contributed by atoms with Gasteiger partial charge in [-0.3, -0.25) is 13.9 Å². The molecule has 41 heavy (non-hydrogen) atoms. The second-order valence-corrected chi connectivity index (χ2v) is 12.2. The predicted octanol–water partition coefficient (Wildman–Crippen LogP) is 5.06. The Hall–Kier alpha value is -3.85.